The third-order valence-corrected chi connectivity index (χ3v) is 3.41. The predicted molar refractivity (Wildman–Crippen MR) is 75.1 cm³/mol. The second-order valence-corrected chi connectivity index (χ2v) is 5.65. The first-order valence-electron chi connectivity index (χ1n) is 6.10. The Bertz CT molecular complexity index is 678. The van der Waals surface area contributed by atoms with Gasteiger partial charge in [0.1, 0.15) is 5.75 Å². The second kappa shape index (κ2) is 5.87. The van der Waals surface area contributed by atoms with Crippen molar-refractivity contribution in [1.29, 1.82) is 0 Å². The Kier molecular flexibility index (Phi) is 4.47. The quantitative estimate of drug-likeness (QED) is 0.567. The Balaban J connectivity index is 2.48. The fourth-order valence-corrected chi connectivity index (χ4v) is 2.67. The highest BCUT2D eigenvalue weighted by molar-refractivity contribution is 9.10. The summed E-state index contributed by atoms with van der Waals surface area (Å²) in [6, 6.07) is 3.76. The Morgan fingerprint density at radius 3 is 1.73 bits per heavy atom. The average Bonchev–Trinajstić information content (AvgIpc) is 2.34. The summed E-state index contributed by atoms with van der Waals surface area (Å²) in [5.74, 6) is -3.48. The van der Waals surface area contributed by atoms with Crippen LogP contribution in [0.3, 0.4) is 0 Å². The summed E-state index contributed by atoms with van der Waals surface area (Å²) < 4.78 is 71.0. The summed E-state index contributed by atoms with van der Waals surface area (Å²) in [7, 11) is 0. The molecule has 2 aromatic rings. The minimum atomic E-state index is -4.83. The van der Waals surface area contributed by atoms with Crippen molar-refractivity contribution in [3.8, 4) is 11.5 Å². The fourth-order valence-electron chi connectivity index (χ4n) is 1.98. The van der Waals surface area contributed by atoms with E-state index in [1.807, 2.05) is 0 Å². The maximum Gasteiger partial charge on any atom is 0.416 e. The zero-order chi connectivity index (χ0) is 16.7. The van der Waals surface area contributed by atoms with Gasteiger partial charge < -0.3 is 4.74 Å². The van der Waals surface area contributed by atoms with Crippen LogP contribution in [0.2, 0.25) is 0 Å². The summed E-state index contributed by atoms with van der Waals surface area (Å²) in [5, 5.41) is 0. The molecule has 7 heteroatoms. The number of hydrogen-bond donors (Lipinski definition) is 0. The molecular formula is C15H10BrF5O. The van der Waals surface area contributed by atoms with Gasteiger partial charge in [-0.3, -0.25) is 0 Å². The number of rotatable bonds is 2. The lowest BCUT2D eigenvalue weighted by atomic mass is 10.1. The number of alkyl halides is 3. The molecule has 0 aliphatic rings. The van der Waals surface area contributed by atoms with Crippen LogP contribution in [0, 0.1) is 25.5 Å². The standard InChI is InChI=1S/C15H10BrF5O/c1-7-3-10(16)4-8(2)13(7)22-14-11(17)5-9(6-12(14)18)15(19,20)21/h3-6H,1-2H3. The third kappa shape index (κ3) is 3.40. The maximum absolute atomic E-state index is 13.8. The van der Waals surface area contributed by atoms with Crippen LogP contribution < -0.4 is 4.74 Å². The van der Waals surface area contributed by atoms with E-state index in [0.29, 0.717) is 11.1 Å². The molecule has 0 saturated heterocycles. The molecule has 2 rings (SSSR count). The number of aryl methyl sites for hydroxylation is 2. The highest BCUT2D eigenvalue weighted by Crippen LogP contribution is 2.37. The smallest absolute Gasteiger partial charge is 0.416 e. The summed E-state index contributed by atoms with van der Waals surface area (Å²) in [5.41, 5.74) is -0.227. The van der Waals surface area contributed by atoms with Crippen molar-refractivity contribution in [1.82, 2.24) is 0 Å². The lowest BCUT2D eigenvalue weighted by Gasteiger charge is -2.15. The van der Waals surface area contributed by atoms with Gasteiger partial charge >= 0.3 is 6.18 Å². The summed E-state index contributed by atoms with van der Waals surface area (Å²) in [6.07, 6.45) is -4.83. The van der Waals surface area contributed by atoms with Gasteiger partial charge in [-0.1, -0.05) is 15.9 Å². The van der Waals surface area contributed by atoms with Gasteiger partial charge in [0.2, 0.25) is 0 Å². The normalized spacial score (nSPS) is 11.6. The molecular weight excluding hydrogens is 371 g/mol. The third-order valence-electron chi connectivity index (χ3n) is 2.95. The van der Waals surface area contributed by atoms with Gasteiger partial charge in [-0.2, -0.15) is 13.2 Å². The average molecular weight is 381 g/mol. The molecule has 0 saturated carbocycles. The van der Waals surface area contributed by atoms with E-state index < -0.39 is 29.1 Å². The van der Waals surface area contributed by atoms with Crippen LogP contribution in [-0.2, 0) is 6.18 Å². The first-order valence-corrected chi connectivity index (χ1v) is 6.89. The van der Waals surface area contributed by atoms with E-state index >= 15 is 0 Å². The summed E-state index contributed by atoms with van der Waals surface area (Å²) in [6.45, 7) is 3.32. The van der Waals surface area contributed by atoms with Crippen LogP contribution in [0.4, 0.5) is 22.0 Å². The monoisotopic (exact) mass is 380 g/mol. The molecule has 0 radical (unpaired) electrons. The molecule has 0 unspecified atom stereocenters. The van der Waals surface area contributed by atoms with Gasteiger partial charge in [0.25, 0.3) is 0 Å². The van der Waals surface area contributed by atoms with Crippen molar-refractivity contribution < 1.29 is 26.7 Å². The Morgan fingerprint density at radius 2 is 1.32 bits per heavy atom. The number of ether oxygens (including phenoxy) is 1. The van der Waals surface area contributed by atoms with Crippen molar-refractivity contribution in [2.75, 3.05) is 0 Å². The van der Waals surface area contributed by atoms with Gasteiger partial charge in [0.05, 0.1) is 5.56 Å². The van der Waals surface area contributed by atoms with E-state index in [1.165, 1.54) is 0 Å². The molecule has 118 valence electrons. The molecule has 0 heterocycles. The molecule has 2 aromatic carbocycles. The van der Waals surface area contributed by atoms with Crippen molar-refractivity contribution in [3.05, 3.63) is 57.1 Å². The Labute approximate surface area is 131 Å². The van der Waals surface area contributed by atoms with Crippen molar-refractivity contribution in [2.45, 2.75) is 20.0 Å². The zero-order valence-corrected chi connectivity index (χ0v) is 13.1. The first kappa shape index (κ1) is 16.7. The van der Waals surface area contributed by atoms with Crippen molar-refractivity contribution in [3.63, 3.8) is 0 Å². The number of halogens is 6. The molecule has 0 aliphatic carbocycles. The van der Waals surface area contributed by atoms with Crippen molar-refractivity contribution >= 4 is 15.9 Å². The zero-order valence-electron chi connectivity index (χ0n) is 11.5. The summed E-state index contributed by atoms with van der Waals surface area (Å²) >= 11 is 3.26. The van der Waals surface area contributed by atoms with E-state index in [1.54, 1.807) is 26.0 Å². The van der Waals surface area contributed by atoms with Crippen LogP contribution >= 0.6 is 15.9 Å². The highest BCUT2D eigenvalue weighted by atomic mass is 79.9. The van der Waals surface area contributed by atoms with E-state index in [2.05, 4.69) is 15.9 Å². The van der Waals surface area contributed by atoms with Crippen LogP contribution in [-0.4, -0.2) is 0 Å². The van der Waals surface area contributed by atoms with Gasteiger partial charge in [-0.05, 0) is 49.2 Å². The maximum atomic E-state index is 13.8. The number of hydrogen-bond acceptors (Lipinski definition) is 1. The van der Waals surface area contributed by atoms with Crippen LogP contribution in [0.25, 0.3) is 0 Å². The van der Waals surface area contributed by atoms with E-state index in [9.17, 15) is 22.0 Å². The van der Waals surface area contributed by atoms with Gasteiger partial charge in [-0.15, -0.1) is 0 Å². The Morgan fingerprint density at radius 1 is 0.864 bits per heavy atom. The highest BCUT2D eigenvalue weighted by Gasteiger charge is 2.33. The molecule has 0 aliphatic heterocycles. The van der Waals surface area contributed by atoms with Crippen LogP contribution in [0.15, 0.2) is 28.7 Å². The lowest BCUT2D eigenvalue weighted by molar-refractivity contribution is -0.138. The Hall–Kier alpha value is -1.63. The molecule has 0 atom stereocenters. The molecule has 0 fully saturated rings. The van der Waals surface area contributed by atoms with Crippen LogP contribution in [0.5, 0.6) is 11.5 Å². The van der Waals surface area contributed by atoms with E-state index in [0.717, 1.165) is 4.47 Å². The minimum Gasteiger partial charge on any atom is -0.451 e. The topological polar surface area (TPSA) is 9.23 Å². The fraction of sp³-hybridized carbons (Fsp3) is 0.200. The molecule has 0 N–H and O–H groups in total. The van der Waals surface area contributed by atoms with Crippen molar-refractivity contribution in [2.24, 2.45) is 0 Å². The minimum absolute atomic E-state index is 0.195. The lowest BCUT2D eigenvalue weighted by Crippen LogP contribution is -2.07. The number of benzene rings is 2. The first-order chi connectivity index (χ1) is 10.1. The van der Waals surface area contributed by atoms with Gasteiger partial charge in [0, 0.05) is 4.47 Å². The molecule has 0 spiro atoms. The van der Waals surface area contributed by atoms with Crippen LogP contribution in [0.1, 0.15) is 16.7 Å². The molecule has 0 bridgehead atoms. The van der Waals surface area contributed by atoms with Gasteiger partial charge in [-0.25, -0.2) is 8.78 Å². The molecule has 0 aromatic heterocycles. The second-order valence-electron chi connectivity index (χ2n) is 4.74. The molecule has 1 nitrogen and oxygen atoms in total. The predicted octanol–water partition coefficient (Wildman–Crippen LogP) is 6.16. The molecule has 0 amide bonds. The van der Waals surface area contributed by atoms with E-state index in [4.69, 9.17) is 4.74 Å². The SMILES string of the molecule is Cc1cc(Br)cc(C)c1Oc1c(F)cc(C(F)(F)F)cc1F. The summed E-state index contributed by atoms with van der Waals surface area (Å²) in [4.78, 5) is 0. The largest absolute Gasteiger partial charge is 0.451 e. The van der Waals surface area contributed by atoms with E-state index in [-0.39, 0.29) is 17.9 Å². The molecule has 22 heavy (non-hydrogen) atoms. The van der Waals surface area contributed by atoms with Gasteiger partial charge in [0.15, 0.2) is 17.4 Å².